The van der Waals surface area contributed by atoms with Crippen molar-refractivity contribution in [2.45, 2.75) is 9.79 Å². The van der Waals surface area contributed by atoms with Gasteiger partial charge >= 0.3 is 6.03 Å². The Labute approximate surface area is 167 Å². The van der Waals surface area contributed by atoms with Crippen molar-refractivity contribution in [2.75, 3.05) is 10.0 Å². The van der Waals surface area contributed by atoms with Gasteiger partial charge in [0.05, 0.1) is 9.79 Å². The van der Waals surface area contributed by atoms with Crippen molar-refractivity contribution >= 4 is 37.7 Å². The molecule has 0 saturated heterocycles. The number of hydrogen-bond donors (Lipinski definition) is 3. The molecule has 3 N–H and O–H groups in total. The standard InChI is InChI=1S/C17H15N5O5S2/c23-17(22-29(26,27)14-5-2-1-3-6-14)20-13-7-9-15(10-8-13)28(24,25)21-16-18-11-4-12-19-16/h1-12H,(H,18,19,21)(H2,20,22,23). The second-order valence-electron chi connectivity index (χ2n) is 5.57. The third-order valence-electron chi connectivity index (χ3n) is 3.49. The predicted octanol–water partition coefficient (Wildman–Crippen LogP) is 1.79. The van der Waals surface area contributed by atoms with Crippen molar-refractivity contribution in [3.8, 4) is 0 Å². The molecular weight excluding hydrogens is 418 g/mol. The molecule has 12 heteroatoms. The summed E-state index contributed by atoms with van der Waals surface area (Å²) in [7, 11) is -7.95. The number of aromatic nitrogens is 2. The fourth-order valence-electron chi connectivity index (χ4n) is 2.19. The van der Waals surface area contributed by atoms with Gasteiger partial charge in [0.2, 0.25) is 5.95 Å². The quantitative estimate of drug-likeness (QED) is 0.537. The molecule has 0 aliphatic carbocycles. The number of nitrogens with one attached hydrogen (secondary N) is 3. The summed E-state index contributed by atoms with van der Waals surface area (Å²) >= 11 is 0. The molecule has 0 aliphatic heterocycles. The molecule has 2 aromatic carbocycles. The Morgan fingerprint density at radius 2 is 1.31 bits per heavy atom. The molecule has 0 saturated carbocycles. The molecule has 3 aromatic rings. The highest BCUT2D eigenvalue weighted by atomic mass is 32.2. The van der Waals surface area contributed by atoms with Crippen LogP contribution in [0.4, 0.5) is 16.4 Å². The van der Waals surface area contributed by atoms with E-state index in [2.05, 4.69) is 20.0 Å². The number of anilines is 2. The highest BCUT2D eigenvalue weighted by Crippen LogP contribution is 2.16. The van der Waals surface area contributed by atoms with Gasteiger partial charge < -0.3 is 5.32 Å². The molecule has 1 heterocycles. The SMILES string of the molecule is O=C(Nc1ccc(S(=O)(=O)Nc2ncccn2)cc1)NS(=O)(=O)c1ccccc1. The lowest BCUT2D eigenvalue weighted by Gasteiger charge is -2.10. The van der Waals surface area contributed by atoms with Crippen molar-refractivity contribution in [3.05, 3.63) is 73.1 Å². The van der Waals surface area contributed by atoms with Gasteiger partial charge in [-0.3, -0.25) is 0 Å². The summed E-state index contributed by atoms with van der Waals surface area (Å²) < 4.78 is 52.9. The average Bonchev–Trinajstić information content (AvgIpc) is 2.69. The van der Waals surface area contributed by atoms with Crippen LogP contribution in [0, 0.1) is 0 Å². The van der Waals surface area contributed by atoms with E-state index in [1.807, 2.05) is 4.72 Å². The second-order valence-corrected chi connectivity index (χ2v) is 8.94. The van der Waals surface area contributed by atoms with Crippen LogP contribution < -0.4 is 14.8 Å². The zero-order valence-corrected chi connectivity index (χ0v) is 16.3. The molecule has 0 fully saturated rings. The first-order valence-electron chi connectivity index (χ1n) is 8.05. The number of carbonyl (C=O) groups excluding carboxylic acids is 1. The zero-order chi connectivity index (χ0) is 20.9. The molecule has 3 rings (SSSR count). The topological polar surface area (TPSA) is 147 Å². The Hall–Kier alpha value is -3.51. The summed E-state index contributed by atoms with van der Waals surface area (Å²) in [6.45, 7) is 0. The number of nitrogens with zero attached hydrogens (tertiary/aromatic N) is 2. The first kappa shape index (κ1) is 20.2. The minimum atomic E-state index is -4.03. The summed E-state index contributed by atoms with van der Waals surface area (Å²) in [6.07, 6.45) is 2.78. The van der Waals surface area contributed by atoms with Gasteiger partial charge in [0.15, 0.2) is 0 Å². The van der Waals surface area contributed by atoms with Gasteiger partial charge in [0.25, 0.3) is 20.0 Å². The summed E-state index contributed by atoms with van der Waals surface area (Å²) in [5, 5.41) is 2.33. The highest BCUT2D eigenvalue weighted by molar-refractivity contribution is 7.92. The van der Waals surface area contributed by atoms with Crippen LogP contribution in [-0.2, 0) is 20.0 Å². The molecule has 0 bridgehead atoms. The molecule has 0 aliphatic rings. The van der Waals surface area contributed by atoms with Crippen LogP contribution >= 0.6 is 0 Å². The molecule has 150 valence electrons. The van der Waals surface area contributed by atoms with Crippen molar-refractivity contribution in [1.29, 1.82) is 0 Å². The maximum Gasteiger partial charge on any atom is 0.333 e. The molecule has 29 heavy (non-hydrogen) atoms. The van der Waals surface area contributed by atoms with E-state index < -0.39 is 26.1 Å². The van der Waals surface area contributed by atoms with Crippen LogP contribution in [0.15, 0.2) is 82.8 Å². The van der Waals surface area contributed by atoms with Gasteiger partial charge in [-0.25, -0.2) is 41.0 Å². The van der Waals surface area contributed by atoms with E-state index in [0.29, 0.717) is 0 Å². The maximum absolute atomic E-state index is 12.3. The van der Waals surface area contributed by atoms with Crippen LogP contribution in [0.1, 0.15) is 0 Å². The smallest absolute Gasteiger partial charge is 0.307 e. The van der Waals surface area contributed by atoms with Gasteiger partial charge in [-0.1, -0.05) is 18.2 Å². The lowest BCUT2D eigenvalue weighted by atomic mass is 10.3. The van der Waals surface area contributed by atoms with Crippen LogP contribution in [0.2, 0.25) is 0 Å². The van der Waals surface area contributed by atoms with Gasteiger partial charge in [-0.15, -0.1) is 0 Å². The molecule has 0 spiro atoms. The molecule has 10 nitrogen and oxygen atoms in total. The fraction of sp³-hybridized carbons (Fsp3) is 0. The first-order valence-corrected chi connectivity index (χ1v) is 11.0. The summed E-state index contributed by atoms with van der Waals surface area (Å²) in [4.78, 5) is 19.4. The molecule has 0 atom stereocenters. The van der Waals surface area contributed by atoms with E-state index in [0.717, 1.165) is 0 Å². The Morgan fingerprint density at radius 1 is 0.724 bits per heavy atom. The summed E-state index contributed by atoms with van der Waals surface area (Å²) in [5.74, 6) is -0.0832. The highest BCUT2D eigenvalue weighted by Gasteiger charge is 2.18. The third-order valence-corrected chi connectivity index (χ3v) is 6.19. The van der Waals surface area contributed by atoms with Gasteiger partial charge in [0.1, 0.15) is 0 Å². The molecule has 1 aromatic heterocycles. The van der Waals surface area contributed by atoms with E-state index in [1.54, 1.807) is 12.1 Å². The van der Waals surface area contributed by atoms with Gasteiger partial charge in [-0.2, -0.15) is 0 Å². The van der Waals surface area contributed by atoms with E-state index in [1.165, 1.54) is 60.9 Å². The molecule has 2 amide bonds. The van der Waals surface area contributed by atoms with Crippen molar-refractivity contribution in [1.82, 2.24) is 14.7 Å². The molecule has 0 radical (unpaired) electrons. The predicted molar refractivity (Wildman–Crippen MR) is 105 cm³/mol. The largest absolute Gasteiger partial charge is 0.333 e. The number of benzene rings is 2. The van der Waals surface area contributed by atoms with Crippen molar-refractivity contribution in [3.63, 3.8) is 0 Å². The van der Waals surface area contributed by atoms with E-state index >= 15 is 0 Å². The summed E-state index contributed by atoms with van der Waals surface area (Å²) in [6, 6.07) is 13.1. The number of carbonyl (C=O) groups is 1. The first-order chi connectivity index (χ1) is 13.8. The normalized spacial score (nSPS) is 11.4. The third kappa shape index (κ3) is 5.27. The van der Waals surface area contributed by atoms with Crippen molar-refractivity contribution < 1.29 is 21.6 Å². The second kappa shape index (κ2) is 8.24. The lowest BCUT2D eigenvalue weighted by Crippen LogP contribution is -2.34. The minimum Gasteiger partial charge on any atom is -0.307 e. The number of hydrogen-bond acceptors (Lipinski definition) is 7. The Kier molecular flexibility index (Phi) is 5.75. The zero-order valence-electron chi connectivity index (χ0n) is 14.7. The Balaban J connectivity index is 1.67. The number of urea groups is 1. The Bertz CT molecular complexity index is 1200. The fourth-order valence-corrected chi connectivity index (χ4v) is 4.07. The van der Waals surface area contributed by atoms with Crippen LogP contribution in [0.5, 0.6) is 0 Å². The van der Waals surface area contributed by atoms with Gasteiger partial charge in [0, 0.05) is 18.1 Å². The lowest BCUT2D eigenvalue weighted by molar-refractivity contribution is 0.256. The van der Waals surface area contributed by atoms with E-state index in [-0.39, 0.29) is 21.4 Å². The van der Waals surface area contributed by atoms with Crippen LogP contribution in [-0.4, -0.2) is 32.8 Å². The number of rotatable bonds is 6. The minimum absolute atomic E-state index is 0.0641. The monoisotopic (exact) mass is 433 g/mol. The Morgan fingerprint density at radius 3 is 1.93 bits per heavy atom. The van der Waals surface area contributed by atoms with Crippen molar-refractivity contribution in [2.24, 2.45) is 0 Å². The molecule has 0 unspecified atom stereocenters. The molecular formula is C17H15N5O5S2. The number of sulfonamides is 2. The van der Waals surface area contributed by atoms with Gasteiger partial charge in [-0.05, 0) is 42.5 Å². The van der Waals surface area contributed by atoms with E-state index in [9.17, 15) is 21.6 Å². The summed E-state index contributed by atoms with van der Waals surface area (Å²) in [5.41, 5.74) is 0.195. The van der Waals surface area contributed by atoms with Crippen LogP contribution in [0.3, 0.4) is 0 Å². The van der Waals surface area contributed by atoms with Crippen LogP contribution in [0.25, 0.3) is 0 Å². The maximum atomic E-state index is 12.3. The number of amides is 2. The van der Waals surface area contributed by atoms with E-state index in [4.69, 9.17) is 0 Å². The average molecular weight is 433 g/mol.